The third-order valence-electron chi connectivity index (χ3n) is 5.10. The van der Waals surface area contributed by atoms with Crippen LogP contribution < -0.4 is 24.4 Å². The molecule has 0 radical (unpaired) electrons. The van der Waals surface area contributed by atoms with E-state index in [0.29, 0.717) is 33.9 Å². The summed E-state index contributed by atoms with van der Waals surface area (Å²) >= 11 is 0. The minimum absolute atomic E-state index is 0.0603. The van der Waals surface area contributed by atoms with Gasteiger partial charge in [0.25, 0.3) is 10.0 Å². The summed E-state index contributed by atoms with van der Waals surface area (Å²) in [7, 11) is 2.69. The molecule has 2 N–H and O–H groups in total. The summed E-state index contributed by atoms with van der Waals surface area (Å²) < 4.78 is 40.1. The fraction of sp³-hybridized carbons (Fsp3) is 0.167. The van der Waals surface area contributed by atoms with Gasteiger partial charge < -0.3 is 19.7 Å². The van der Waals surface area contributed by atoms with Gasteiger partial charge in [0.2, 0.25) is 0 Å². The number of benzene rings is 3. The predicted octanol–water partition coefficient (Wildman–Crippen LogP) is 4.26. The van der Waals surface area contributed by atoms with E-state index in [1.165, 1.54) is 7.11 Å². The molecule has 176 valence electrons. The van der Waals surface area contributed by atoms with Crippen LogP contribution in [0.3, 0.4) is 0 Å². The van der Waals surface area contributed by atoms with Crippen LogP contribution in [0.2, 0.25) is 0 Å². The first kappa shape index (κ1) is 23.1. The van der Waals surface area contributed by atoms with Gasteiger partial charge in [-0.15, -0.1) is 0 Å². The molecule has 34 heavy (non-hydrogen) atoms. The van der Waals surface area contributed by atoms with Crippen molar-refractivity contribution in [2.45, 2.75) is 4.90 Å². The molecule has 4 rings (SSSR count). The number of nitrogens with zero attached hydrogens (tertiary/aromatic N) is 3. The summed E-state index contributed by atoms with van der Waals surface area (Å²) in [6, 6.07) is 19.2. The van der Waals surface area contributed by atoms with Crippen molar-refractivity contribution in [3.05, 3.63) is 66.7 Å². The summed E-state index contributed by atoms with van der Waals surface area (Å²) in [5.41, 5.74) is 2.28. The highest BCUT2D eigenvalue weighted by Crippen LogP contribution is 2.34. The lowest BCUT2D eigenvalue weighted by molar-refractivity contribution is 0.395. The Balaban J connectivity index is 1.81. The molecule has 0 spiro atoms. The average Bonchev–Trinajstić information content (AvgIpc) is 2.84. The van der Waals surface area contributed by atoms with Crippen LogP contribution in [-0.2, 0) is 10.0 Å². The summed E-state index contributed by atoms with van der Waals surface area (Å²) in [5.74, 6) is 1.41. The van der Waals surface area contributed by atoms with Crippen molar-refractivity contribution in [2.75, 3.05) is 43.3 Å². The molecule has 3 aromatic carbocycles. The van der Waals surface area contributed by atoms with Crippen molar-refractivity contribution in [1.29, 1.82) is 0 Å². The molecule has 0 amide bonds. The van der Waals surface area contributed by atoms with Gasteiger partial charge in [0.05, 0.1) is 36.6 Å². The van der Waals surface area contributed by atoms with Gasteiger partial charge in [0.1, 0.15) is 16.4 Å². The molecule has 0 aliphatic rings. The minimum Gasteiger partial charge on any atom is -0.497 e. The van der Waals surface area contributed by atoms with Crippen LogP contribution in [0.15, 0.2) is 71.6 Å². The van der Waals surface area contributed by atoms with E-state index >= 15 is 0 Å². The number of methoxy groups -OCH3 is 2. The molecule has 0 saturated heterocycles. The van der Waals surface area contributed by atoms with Gasteiger partial charge in [-0.05, 0) is 36.4 Å². The summed E-state index contributed by atoms with van der Waals surface area (Å²) in [6.07, 6.45) is 0. The highest BCUT2D eigenvalue weighted by atomic mass is 32.2. The van der Waals surface area contributed by atoms with E-state index in [-0.39, 0.29) is 16.5 Å². The van der Waals surface area contributed by atoms with E-state index < -0.39 is 10.0 Å². The molecule has 9 nitrogen and oxygen atoms in total. The molecular formula is C24H25N5O4S. The SMILES string of the molecule is COc1ccc(Nc2nc3ccccc3nc2NS(=O)(=O)c2ccccc2N(C)C)c(OC)c1. The highest BCUT2D eigenvalue weighted by molar-refractivity contribution is 7.92. The molecule has 1 heterocycles. The Kier molecular flexibility index (Phi) is 6.42. The van der Waals surface area contributed by atoms with Crippen LogP contribution in [0, 0.1) is 0 Å². The Bertz CT molecular complexity index is 1440. The van der Waals surface area contributed by atoms with E-state index in [1.807, 2.05) is 12.1 Å². The summed E-state index contributed by atoms with van der Waals surface area (Å²) in [4.78, 5) is 11.0. The third kappa shape index (κ3) is 4.67. The van der Waals surface area contributed by atoms with Crippen molar-refractivity contribution < 1.29 is 17.9 Å². The number of ether oxygens (including phenoxy) is 2. The van der Waals surface area contributed by atoms with Gasteiger partial charge in [-0.2, -0.15) is 0 Å². The predicted molar refractivity (Wildman–Crippen MR) is 134 cm³/mol. The molecule has 0 fully saturated rings. The van der Waals surface area contributed by atoms with E-state index in [4.69, 9.17) is 9.47 Å². The lowest BCUT2D eigenvalue weighted by atomic mass is 10.2. The first-order valence-electron chi connectivity index (χ1n) is 10.4. The smallest absolute Gasteiger partial charge is 0.265 e. The lowest BCUT2D eigenvalue weighted by Crippen LogP contribution is -2.20. The molecule has 10 heteroatoms. The van der Waals surface area contributed by atoms with Crippen molar-refractivity contribution in [3.63, 3.8) is 0 Å². The second-order valence-corrected chi connectivity index (χ2v) is 9.22. The number of anilines is 4. The normalized spacial score (nSPS) is 11.2. The Hall–Kier alpha value is -4.05. The van der Waals surface area contributed by atoms with E-state index in [2.05, 4.69) is 20.0 Å². The molecular weight excluding hydrogens is 454 g/mol. The van der Waals surface area contributed by atoms with E-state index in [9.17, 15) is 8.42 Å². The number of rotatable bonds is 8. The van der Waals surface area contributed by atoms with Crippen molar-refractivity contribution in [1.82, 2.24) is 9.97 Å². The third-order valence-corrected chi connectivity index (χ3v) is 6.49. The fourth-order valence-electron chi connectivity index (χ4n) is 3.42. The maximum Gasteiger partial charge on any atom is 0.265 e. The zero-order chi connectivity index (χ0) is 24.3. The Labute approximate surface area is 198 Å². The van der Waals surface area contributed by atoms with Gasteiger partial charge in [-0.1, -0.05) is 24.3 Å². The maximum atomic E-state index is 13.4. The topological polar surface area (TPSA) is 106 Å². The van der Waals surface area contributed by atoms with Gasteiger partial charge in [-0.3, -0.25) is 4.72 Å². The standard InChI is InChI=1S/C24H25N5O4S/c1-29(2)20-11-7-8-12-22(20)34(30,31)28-24-23(25-17-9-5-6-10-18(17)26-24)27-19-14-13-16(32-3)15-21(19)33-4/h5-15H,1-4H3,(H,25,27)(H,26,28). The maximum absolute atomic E-state index is 13.4. The second kappa shape index (κ2) is 9.44. The quantitative estimate of drug-likeness (QED) is 0.386. The van der Waals surface area contributed by atoms with Crippen LogP contribution >= 0.6 is 0 Å². The largest absolute Gasteiger partial charge is 0.497 e. The Morgan fingerprint density at radius 3 is 2.12 bits per heavy atom. The van der Waals surface area contributed by atoms with Crippen molar-refractivity contribution >= 4 is 44.1 Å². The first-order chi connectivity index (χ1) is 16.3. The molecule has 0 aliphatic carbocycles. The van der Waals surface area contributed by atoms with Gasteiger partial charge in [0.15, 0.2) is 11.6 Å². The van der Waals surface area contributed by atoms with Gasteiger partial charge in [-0.25, -0.2) is 18.4 Å². The summed E-state index contributed by atoms with van der Waals surface area (Å²) in [5, 5.41) is 3.16. The van der Waals surface area contributed by atoms with Gasteiger partial charge in [0, 0.05) is 20.2 Å². The van der Waals surface area contributed by atoms with E-state index in [1.54, 1.807) is 80.7 Å². The molecule has 1 aromatic heterocycles. The zero-order valence-corrected chi connectivity index (χ0v) is 20.1. The van der Waals surface area contributed by atoms with Crippen molar-refractivity contribution in [2.24, 2.45) is 0 Å². The average molecular weight is 480 g/mol. The number of hydrogen-bond acceptors (Lipinski definition) is 8. The van der Waals surface area contributed by atoms with E-state index in [0.717, 1.165) is 0 Å². The molecule has 0 atom stereocenters. The molecule has 0 aliphatic heterocycles. The number of sulfonamides is 1. The summed E-state index contributed by atoms with van der Waals surface area (Å²) in [6.45, 7) is 0. The minimum atomic E-state index is -3.98. The molecule has 0 unspecified atom stereocenters. The zero-order valence-electron chi connectivity index (χ0n) is 19.2. The van der Waals surface area contributed by atoms with Crippen LogP contribution in [0.4, 0.5) is 23.0 Å². The molecule has 0 bridgehead atoms. The molecule has 4 aromatic rings. The monoisotopic (exact) mass is 479 g/mol. The Morgan fingerprint density at radius 2 is 1.47 bits per heavy atom. The highest BCUT2D eigenvalue weighted by Gasteiger charge is 2.23. The number of fused-ring (bicyclic) bond motifs is 1. The number of hydrogen-bond donors (Lipinski definition) is 2. The van der Waals surface area contributed by atoms with Crippen LogP contribution in [0.1, 0.15) is 0 Å². The fourth-order valence-corrected chi connectivity index (χ4v) is 4.71. The Morgan fingerprint density at radius 1 is 0.824 bits per heavy atom. The van der Waals surface area contributed by atoms with Gasteiger partial charge >= 0.3 is 0 Å². The van der Waals surface area contributed by atoms with Crippen LogP contribution in [0.25, 0.3) is 11.0 Å². The number of nitrogens with one attached hydrogen (secondary N) is 2. The first-order valence-corrected chi connectivity index (χ1v) is 11.9. The lowest BCUT2D eigenvalue weighted by Gasteiger charge is -2.19. The molecule has 0 saturated carbocycles. The second-order valence-electron chi connectivity index (χ2n) is 7.57. The van der Waals surface area contributed by atoms with Crippen LogP contribution in [0.5, 0.6) is 11.5 Å². The number of para-hydroxylation sites is 3. The number of aromatic nitrogens is 2. The van der Waals surface area contributed by atoms with Crippen molar-refractivity contribution in [3.8, 4) is 11.5 Å². The van der Waals surface area contributed by atoms with Crippen LogP contribution in [-0.4, -0.2) is 46.7 Å².